The highest BCUT2D eigenvalue weighted by Crippen LogP contribution is 2.37. The maximum absolute atomic E-state index is 13.4. The van der Waals surface area contributed by atoms with Crippen molar-refractivity contribution in [3.63, 3.8) is 0 Å². The molecule has 0 spiro atoms. The monoisotopic (exact) mass is 335 g/mol. The Balaban J connectivity index is 1.71. The van der Waals surface area contributed by atoms with Crippen molar-refractivity contribution in [1.29, 1.82) is 0 Å². The molecule has 0 radical (unpaired) electrons. The van der Waals surface area contributed by atoms with E-state index in [9.17, 15) is 8.78 Å². The molecule has 0 N–H and O–H groups in total. The average Bonchev–Trinajstić information content (AvgIpc) is 2.60. The number of hydrogen-bond acceptors (Lipinski definition) is 1. The molecule has 0 unspecified atom stereocenters. The van der Waals surface area contributed by atoms with Crippen LogP contribution in [0.2, 0.25) is 0 Å². The molecule has 3 heteroatoms. The molecule has 1 heterocycles. The Morgan fingerprint density at radius 3 is 2.42 bits per heavy atom. The number of rotatable bonds is 4. The van der Waals surface area contributed by atoms with Gasteiger partial charge in [-0.3, -0.25) is 4.90 Å². The first-order chi connectivity index (χ1) is 11.4. The second kappa shape index (κ2) is 6.74. The Labute approximate surface area is 145 Å². The first-order valence-electron chi connectivity index (χ1n) is 9.61. The first kappa shape index (κ1) is 17.8. The predicted octanol–water partition coefficient (Wildman–Crippen LogP) is 5.70. The summed E-state index contributed by atoms with van der Waals surface area (Å²) in [4.78, 5) is 2.44. The Kier molecular flexibility index (Phi) is 5.01. The third-order valence-corrected chi connectivity index (χ3v) is 6.71. The summed E-state index contributed by atoms with van der Waals surface area (Å²) in [7, 11) is 0. The van der Waals surface area contributed by atoms with Crippen LogP contribution in [0.15, 0.2) is 18.2 Å². The SMILES string of the molecule is CCC(C)(CC)c1ccc2c(c1)CCN(C1CCC(F)(F)CC1)C2. The van der Waals surface area contributed by atoms with Gasteiger partial charge in [0.05, 0.1) is 0 Å². The van der Waals surface area contributed by atoms with E-state index in [1.54, 1.807) is 0 Å². The average molecular weight is 335 g/mol. The lowest BCUT2D eigenvalue weighted by Crippen LogP contribution is -2.43. The lowest BCUT2D eigenvalue weighted by atomic mass is 9.76. The fourth-order valence-electron chi connectivity index (χ4n) is 4.31. The van der Waals surface area contributed by atoms with Gasteiger partial charge in [0.2, 0.25) is 5.92 Å². The van der Waals surface area contributed by atoms with E-state index >= 15 is 0 Å². The number of halogens is 2. The Morgan fingerprint density at radius 2 is 1.79 bits per heavy atom. The fourth-order valence-corrected chi connectivity index (χ4v) is 4.31. The predicted molar refractivity (Wildman–Crippen MR) is 95.7 cm³/mol. The molecule has 0 saturated heterocycles. The second-order valence-electron chi connectivity index (χ2n) is 8.06. The van der Waals surface area contributed by atoms with E-state index in [-0.39, 0.29) is 18.3 Å². The smallest absolute Gasteiger partial charge is 0.248 e. The van der Waals surface area contributed by atoms with Gasteiger partial charge in [-0.1, -0.05) is 39.0 Å². The van der Waals surface area contributed by atoms with Gasteiger partial charge in [0.25, 0.3) is 0 Å². The van der Waals surface area contributed by atoms with E-state index in [0.29, 0.717) is 18.9 Å². The molecule has 1 saturated carbocycles. The molecule has 3 rings (SSSR count). The van der Waals surface area contributed by atoms with Crippen molar-refractivity contribution in [1.82, 2.24) is 4.90 Å². The standard InChI is InChI=1S/C21H31F2N/c1-4-20(3,5-2)18-7-6-17-15-24(13-10-16(17)14-18)19-8-11-21(22,23)12-9-19/h6-7,14,19H,4-5,8-13,15H2,1-3H3. The van der Waals surface area contributed by atoms with E-state index in [1.165, 1.54) is 16.7 Å². The summed E-state index contributed by atoms with van der Waals surface area (Å²) in [5.41, 5.74) is 4.59. The van der Waals surface area contributed by atoms with Crippen molar-refractivity contribution in [2.75, 3.05) is 6.54 Å². The van der Waals surface area contributed by atoms with Crippen LogP contribution in [0.4, 0.5) is 8.78 Å². The molecule has 1 nitrogen and oxygen atoms in total. The van der Waals surface area contributed by atoms with Crippen LogP contribution in [0.25, 0.3) is 0 Å². The third kappa shape index (κ3) is 3.51. The summed E-state index contributed by atoms with van der Waals surface area (Å²) in [6.07, 6.45) is 4.78. The zero-order chi connectivity index (χ0) is 17.4. The van der Waals surface area contributed by atoms with Gasteiger partial charge in [-0.25, -0.2) is 8.78 Å². The minimum absolute atomic E-state index is 0.0608. The topological polar surface area (TPSA) is 3.24 Å². The van der Waals surface area contributed by atoms with Gasteiger partial charge in [-0.15, -0.1) is 0 Å². The summed E-state index contributed by atoms with van der Waals surface area (Å²) in [5, 5.41) is 0. The van der Waals surface area contributed by atoms with Crippen molar-refractivity contribution < 1.29 is 8.78 Å². The highest BCUT2D eigenvalue weighted by Gasteiger charge is 2.37. The molecule has 0 atom stereocenters. The molecule has 0 amide bonds. The molecule has 1 aliphatic carbocycles. The first-order valence-corrected chi connectivity index (χ1v) is 9.61. The van der Waals surface area contributed by atoms with E-state index in [0.717, 1.165) is 32.4 Å². The van der Waals surface area contributed by atoms with Crippen LogP contribution in [0, 0.1) is 0 Å². The number of alkyl halides is 2. The Morgan fingerprint density at radius 1 is 1.12 bits per heavy atom. The molecule has 1 fully saturated rings. The van der Waals surface area contributed by atoms with Crippen LogP contribution in [0.1, 0.15) is 76.0 Å². The van der Waals surface area contributed by atoms with Crippen molar-refractivity contribution in [2.45, 2.75) is 89.6 Å². The van der Waals surface area contributed by atoms with Crippen molar-refractivity contribution >= 4 is 0 Å². The Hall–Kier alpha value is -0.960. The third-order valence-electron chi connectivity index (χ3n) is 6.71. The summed E-state index contributed by atoms with van der Waals surface area (Å²) in [5.74, 6) is -2.43. The zero-order valence-electron chi connectivity index (χ0n) is 15.4. The van der Waals surface area contributed by atoms with E-state index in [4.69, 9.17) is 0 Å². The lowest BCUT2D eigenvalue weighted by molar-refractivity contribution is -0.0552. The van der Waals surface area contributed by atoms with Crippen LogP contribution in [-0.4, -0.2) is 23.4 Å². The summed E-state index contributed by atoms with van der Waals surface area (Å²) >= 11 is 0. The molecule has 1 aliphatic heterocycles. The van der Waals surface area contributed by atoms with Gasteiger partial charge in [0.15, 0.2) is 0 Å². The summed E-state index contributed by atoms with van der Waals surface area (Å²) < 4.78 is 26.8. The molecule has 24 heavy (non-hydrogen) atoms. The second-order valence-corrected chi connectivity index (χ2v) is 8.06. The van der Waals surface area contributed by atoms with Crippen LogP contribution in [-0.2, 0) is 18.4 Å². The van der Waals surface area contributed by atoms with Gasteiger partial charge >= 0.3 is 0 Å². The molecule has 2 aliphatic rings. The molecule has 0 bridgehead atoms. The number of nitrogens with zero attached hydrogens (tertiary/aromatic N) is 1. The fraction of sp³-hybridized carbons (Fsp3) is 0.714. The largest absolute Gasteiger partial charge is 0.296 e. The van der Waals surface area contributed by atoms with Gasteiger partial charge in [-0.05, 0) is 54.2 Å². The highest BCUT2D eigenvalue weighted by atomic mass is 19.3. The lowest BCUT2D eigenvalue weighted by Gasteiger charge is -2.40. The Bertz CT molecular complexity index is 567. The van der Waals surface area contributed by atoms with Gasteiger partial charge in [0, 0.05) is 32.0 Å². The van der Waals surface area contributed by atoms with E-state index in [2.05, 4.69) is 43.9 Å². The summed E-state index contributed by atoms with van der Waals surface area (Å²) in [6, 6.07) is 7.34. The molecular formula is C21H31F2N. The van der Waals surface area contributed by atoms with Crippen molar-refractivity contribution in [2.24, 2.45) is 0 Å². The normalized spacial score (nSPS) is 22.4. The van der Waals surface area contributed by atoms with Gasteiger partial charge in [0.1, 0.15) is 0 Å². The van der Waals surface area contributed by atoms with Crippen LogP contribution in [0.5, 0.6) is 0 Å². The van der Waals surface area contributed by atoms with Gasteiger partial charge in [-0.2, -0.15) is 0 Å². The quantitative estimate of drug-likeness (QED) is 0.682. The maximum atomic E-state index is 13.4. The number of fused-ring (bicyclic) bond motifs is 1. The zero-order valence-corrected chi connectivity index (χ0v) is 15.4. The van der Waals surface area contributed by atoms with E-state index in [1.807, 2.05) is 0 Å². The molecule has 1 aromatic carbocycles. The van der Waals surface area contributed by atoms with Crippen LogP contribution < -0.4 is 0 Å². The van der Waals surface area contributed by atoms with Gasteiger partial charge < -0.3 is 0 Å². The number of hydrogen-bond donors (Lipinski definition) is 0. The van der Waals surface area contributed by atoms with Crippen LogP contribution >= 0.6 is 0 Å². The van der Waals surface area contributed by atoms with E-state index < -0.39 is 5.92 Å². The molecule has 134 valence electrons. The highest BCUT2D eigenvalue weighted by molar-refractivity contribution is 5.37. The maximum Gasteiger partial charge on any atom is 0.248 e. The summed E-state index contributed by atoms with van der Waals surface area (Å²) in [6.45, 7) is 8.83. The molecule has 1 aromatic rings. The molecule has 0 aromatic heterocycles. The van der Waals surface area contributed by atoms with Crippen molar-refractivity contribution in [3.8, 4) is 0 Å². The molecular weight excluding hydrogens is 304 g/mol. The number of benzene rings is 1. The minimum Gasteiger partial charge on any atom is -0.296 e. The van der Waals surface area contributed by atoms with Crippen LogP contribution in [0.3, 0.4) is 0 Å². The van der Waals surface area contributed by atoms with Crippen molar-refractivity contribution in [3.05, 3.63) is 34.9 Å². The minimum atomic E-state index is -2.43.